The minimum atomic E-state index is -2.76. The highest BCUT2D eigenvalue weighted by molar-refractivity contribution is 14.1. The first kappa shape index (κ1) is 39.6. The van der Waals surface area contributed by atoms with Crippen LogP contribution in [0.5, 0.6) is 5.75 Å². The number of fused-ring (bicyclic) bond motifs is 1. The highest BCUT2D eigenvalue weighted by Gasteiger charge is 2.50. The number of anilines is 2. The van der Waals surface area contributed by atoms with E-state index >= 15 is 0 Å². The van der Waals surface area contributed by atoms with Gasteiger partial charge in [0.1, 0.15) is 26.2 Å². The Morgan fingerprint density at radius 3 is 2.17 bits per heavy atom. The predicted molar refractivity (Wildman–Crippen MR) is 216 cm³/mol. The average Bonchev–Trinajstić information content (AvgIpc) is 3.47. The molecule has 3 heterocycles. The molecule has 0 fully saturated rings. The lowest BCUT2D eigenvalue weighted by Crippen LogP contribution is -2.66. The molecule has 3 aromatic heterocycles. The van der Waals surface area contributed by atoms with Crippen LogP contribution in [0.25, 0.3) is 11.0 Å². The zero-order valence-electron chi connectivity index (χ0n) is 31.1. The lowest BCUT2D eigenvalue weighted by molar-refractivity contribution is 0.0593. The minimum Gasteiger partial charge on any atom is -0.495 e. The fraction of sp³-hybridized carbons (Fsp3) is 0.368. The first-order valence-electron chi connectivity index (χ1n) is 17.4. The first-order chi connectivity index (χ1) is 25.4. The summed E-state index contributed by atoms with van der Waals surface area (Å²) in [5.41, 5.74) is 1.92. The van der Waals surface area contributed by atoms with Crippen LogP contribution in [0.2, 0.25) is 5.04 Å². The van der Waals surface area contributed by atoms with Gasteiger partial charge in [-0.05, 0) is 56.9 Å². The molecule has 5 aromatic rings. The van der Waals surface area contributed by atoms with Gasteiger partial charge in [-0.2, -0.15) is 10.1 Å². The molecule has 1 amide bonds. The van der Waals surface area contributed by atoms with E-state index in [2.05, 4.69) is 119 Å². The molecule has 0 aliphatic heterocycles. The van der Waals surface area contributed by atoms with Gasteiger partial charge in [0, 0.05) is 18.2 Å². The zero-order chi connectivity index (χ0) is 38.2. The molecule has 0 saturated heterocycles. The molecule has 0 aliphatic rings. The van der Waals surface area contributed by atoms with Gasteiger partial charge in [-0.15, -0.1) is 0 Å². The summed E-state index contributed by atoms with van der Waals surface area (Å²) in [7, 11) is 1.36. The Morgan fingerprint density at radius 2 is 1.60 bits per heavy atom. The number of pyridine rings is 1. The van der Waals surface area contributed by atoms with E-state index < -0.39 is 20.4 Å². The molecule has 5 rings (SSSR count). The highest BCUT2D eigenvalue weighted by atomic mass is 127. The van der Waals surface area contributed by atoms with E-state index in [4.69, 9.17) is 28.7 Å². The molecule has 15 heteroatoms. The molecule has 1 atom stereocenters. The summed E-state index contributed by atoms with van der Waals surface area (Å²) >= 11 is 2.11. The second kappa shape index (κ2) is 17.5. The number of rotatable bonds is 15. The summed E-state index contributed by atoms with van der Waals surface area (Å²) in [4.78, 5) is 38.2. The fourth-order valence-electron chi connectivity index (χ4n) is 6.58. The second-order valence-corrected chi connectivity index (χ2v) is 18.8. The number of benzene rings is 2. The molecule has 0 aliphatic carbocycles. The zero-order valence-corrected chi connectivity index (χ0v) is 34.3. The highest BCUT2D eigenvalue weighted by Crippen LogP contribution is 2.37. The van der Waals surface area contributed by atoms with Crippen LogP contribution in [-0.4, -0.2) is 79.1 Å². The Labute approximate surface area is 324 Å². The number of aromatic nitrogens is 5. The number of nitrogens with zero attached hydrogens (tertiary/aromatic N) is 5. The third kappa shape index (κ3) is 8.79. The van der Waals surface area contributed by atoms with Crippen LogP contribution in [0, 0.1) is 3.70 Å². The maximum absolute atomic E-state index is 12.4. The topological polar surface area (TPSA) is 152 Å². The predicted octanol–water partition coefficient (Wildman–Crippen LogP) is 6.40. The smallest absolute Gasteiger partial charge is 0.413 e. The van der Waals surface area contributed by atoms with E-state index in [1.54, 1.807) is 10.7 Å². The Morgan fingerprint density at radius 1 is 0.943 bits per heavy atom. The standard InChI is InChI=1S/C38H46IN7O6Si/c1-8-15-26(20-21-52-53(38(2,3)4,27-16-11-9-12-17-27)28-18-13-10-14-19-28)41-34-32-31(42-36(43-34)44-37(48)51-7)33(39)45-46(32)24-25-22-29(35(47)50-6)40-23-30(25)49-5/h9-14,16-19,22-23,26H,8,15,20-21,24H2,1-7H3,(H2,41,42,43,44,48)/t26-/m0/s1. The summed E-state index contributed by atoms with van der Waals surface area (Å²) in [6.45, 7) is 9.63. The van der Waals surface area contributed by atoms with Crippen LogP contribution in [0.1, 0.15) is 63.0 Å². The molecule has 280 valence electrons. The van der Waals surface area contributed by atoms with Gasteiger partial charge in [0.2, 0.25) is 5.95 Å². The monoisotopic (exact) mass is 851 g/mol. The van der Waals surface area contributed by atoms with E-state index in [0.717, 1.165) is 12.8 Å². The lowest BCUT2D eigenvalue weighted by Gasteiger charge is -2.43. The van der Waals surface area contributed by atoms with Gasteiger partial charge in [-0.25, -0.2) is 19.6 Å². The number of esters is 1. The van der Waals surface area contributed by atoms with Gasteiger partial charge in [-0.1, -0.05) is 94.8 Å². The third-order valence-corrected chi connectivity index (χ3v) is 14.8. The Hall–Kier alpha value is -4.61. The van der Waals surface area contributed by atoms with Crippen molar-refractivity contribution in [3.05, 3.63) is 87.9 Å². The Balaban J connectivity index is 1.53. The summed E-state index contributed by atoms with van der Waals surface area (Å²) in [5, 5.41) is 13.4. The van der Waals surface area contributed by atoms with Gasteiger partial charge in [0.05, 0.1) is 34.1 Å². The largest absolute Gasteiger partial charge is 0.495 e. The molecule has 0 radical (unpaired) electrons. The number of ether oxygens (including phenoxy) is 3. The SMILES string of the molecule is CCC[C@@H](CCO[Si](c1ccccc1)(c1ccccc1)C(C)(C)C)Nc1nc(NC(=O)OC)nc2c(I)nn(Cc3cc(C(=O)OC)ncc3OC)c12. The molecule has 0 unspecified atom stereocenters. The van der Waals surface area contributed by atoms with Gasteiger partial charge in [0.25, 0.3) is 8.32 Å². The van der Waals surface area contributed by atoms with Gasteiger partial charge in [-0.3, -0.25) is 10.00 Å². The van der Waals surface area contributed by atoms with Gasteiger partial charge < -0.3 is 24.0 Å². The van der Waals surface area contributed by atoms with Gasteiger partial charge in [0.15, 0.2) is 5.82 Å². The van der Waals surface area contributed by atoms with E-state index in [0.29, 0.717) is 44.9 Å². The maximum atomic E-state index is 12.4. The molecular formula is C38H46IN7O6Si. The number of carbonyl (C=O) groups is 2. The van der Waals surface area contributed by atoms with Crippen molar-refractivity contribution in [1.82, 2.24) is 24.7 Å². The lowest BCUT2D eigenvalue weighted by atomic mass is 10.1. The molecule has 2 N–H and O–H groups in total. The van der Waals surface area contributed by atoms with Crippen molar-refractivity contribution in [2.24, 2.45) is 0 Å². The second-order valence-electron chi connectivity index (χ2n) is 13.5. The van der Waals surface area contributed by atoms with E-state index in [-0.39, 0.29) is 29.3 Å². The molecule has 13 nitrogen and oxygen atoms in total. The summed E-state index contributed by atoms with van der Waals surface area (Å²) in [6, 6.07) is 22.7. The number of hydrogen-bond donors (Lipinski definition) is 2. The summed E-state index contributed by atoms with van der Waals surface area (Å²) in [6.07, 6.45) is 3.18. The summed E-state index contributed by atoms with van der Waals surface area (Å²) in [5.74, 6) is 0.445. The van der Waals surface area contributed by atoms with Crippen molar-refractivity contribution in [3.8, 4) is 5.75 Å². The van der Waals surface area contributed by atoms with E-state index in [9.17, 15) is 9.59 Å². The van der Waals surface area contributed by atoms with Crippen molar-refractivity contribution >= 4 is 76.1 Å². The van der Waals surface area contributed by atoms with Crippen molar-refractivity contribution in [2.75, 3.05) is 38.6 Å². The fourth-order valence-corrected chi connectivity index (χ4v) is 11.8. The van der Waals surface area contributed by atoms with Crippen LogP contribution < -0.4 is 25.7 Å². The number of nitrogens with one attached hydrogen (secondary N) is 2. The van der Waals surface area contributed by atoms with Crippen molar-refractivity contribution in [2.45, 2.75) is 64.6 Å². The number of carbonyl (C=O) groups excluding carboxylic acids is 2. The third-order valence-electron chi connectivity index (χ3n) is 9.01. The first-order valence-corrected chi connectivity index (χ1v) is 20.4. The molecular weight excluding hydrogens is 805 g/mol. The van der Waals surface area contributed by atoms with Crippen LogP contribution in [0.15, 0.2) is 72.9 Å². The van der Waals surface area contributed by atoms with Gasteiger partial charge >= 0.3 is 12.1 Å². The maximum Gasteiger partial charge on any atom is 0.413 e. The molecule has 0 spiro atoms. The molecule has 2 aromatic carbocycles. The number of methoxy groups -OCH3 is 3. The molecule has 53 heavy (non-hydrogen) atoms. The number of halogens is 1. The number of hydrogen-bond acceptors (Lipinski definition) is 11. The average molecular weight is 852 g/mol. The Kier molecular flexibility index (Phi) is 13.1. The number of amides is 1. The molecule has 0 bridgehead atoms. The summed E-state index contributed by atoms with van der Waals surface area (Å²) < 4.78 is 24.9. The van der Waals surface area contributed by atoms with Crippen LogP contribution in [-0.2, 0) is 20.4 Å². The van der Waals surface area contributed by atoms with Crippen molar-refractivity contribution in [3.63, 3.8) is 0 Å². The van der Waals surface area contributed by atoms with E-state index in [1.807, 2.05) is 12.1 Å². The van der Waals surface area contributed by atoms with Crippen molar-refractivity contribution in [1.29, 1.82) is 0 Å². The normalized spacial score (nSPS) is 12.3. The van der Waals surface area contributed by atoms with Crippen LogP contribution in [0.4, 0.5) is 16.6 Å². The van der Waals surface area contributed by atoms with Crippen LogP contribution in [0.3, 0.4) is 0 Å². The molecule has 0 saturated carbocycles. The van der Waals surface area contributed by atoms with Crippen LogP contribution >= 0.6 is 22.6 Å². The Bertz CT molecular complexity index is 1990. The van der Waals surface area contributed by atoms with Crippen molar-refractivity contribution < 1.29 is 28.2 Å². The quantitative estimate of drug-likeness (QED) is 0.0685. The van der Waals surface area contributed by atoms with E-state index in [1.165, 1.54) is 37.9 Å². The minimum absolute atomic E-state index is 0.0651.